The van der Waals surface area contributed by atoms with Crippen LogP contribution in [-0.4, -0.2) is 12.1 Å². The number of rotatable bonds is 0. The summed E-state index contributed by atoms with van der Waals surface area (Å²) >= 11 is 0. The molecule has 0 spiro atoms. The van der Waals surface area contributed by atoms with Crippen LogP contribution in [0.4, 0.5) is 0 Å². The van der Waals surface area contributed by atoms with E-state index >= 15 is 0 Å². The normalized spacial score (nSPS) is 29.5. The number of ether oxygens (including phenoxy) is 1. The Morgan fingerprint density at radius 1 is 1.17 bits per heavy atom. The van der Waals surface area contributed by atoms with E-state index in [1.54, 1.807) is 0 Å². The molecule has 1 aliphatic carbocycles. The highest BCUT2D eigenvalue weighted by Gasteiger charge is 2.40. The van der Waals surface area contributed by atoms with Crippen LogP contribution in [0.3, 0.4) is 0 Å². The van der Waals surface area contributed by atoms with Crippen LogP contribution in [0.15, 0.2) is 0 Å². The molecule has 0 aromatic heterocycles. The molecule has 1 aliphatic heterocycles. The van der Waals surface area contributed by atoms with Gasteiger partial charge in [0.2, 0.25) is 0 Å². The first-order chi connectivity index (χ1) is 5.86. The van der Waals surface area contributed by atoms with Crippen molar-refractivity contribution in [2.75, 3.05) is 0 Å². The fourth-order valence-electron chi connectivity index (χ4n) is 1.52. The Morgan fingerprint density at radius 3 is 1.92 bits per heavy atom. The van der Waals surface area contributed by atoms with Crippen molar-refractivity contribution in [2.45, 2.75) is 53.1 Å². The number of carbonyl (C=O) groups excluding carboxylic acids is 1. The van der Waals surface area contributed by atoms with Gasteiger partial charge in [0, 0.05) is 0 Å². The molecule has 12 heavy (non-hydrogen) atoms. The van der Waals surface area contributed by atoms with Crippen LogP contribution in [0.2, 0.25) is 0 Å². The maximum absolute atomic E-state index is 10.6. The lowest BCUT2D eigenvalue weighted by Gasteiger charge is -2.07. The molecular weight excluding hydrogens is 152 g/mol. The first-order valence-corrected chi connectivity index (χ1v) is 5.07. The number of hydrogen-bond acceptors (Lipinski definition) is 2. The standard InChI is InChI=1S/C6H8O2.2C2H6/c7-6-4-1-2-5(3-4)8-6;2*1-2/h4-5H,1-3H2;2*1-2H3. The fraction of sp³-hybridized carbons (Fsp3) is 0.900. The molecule has 2 bridgehead atoms. The molecular formula is C10H20O2. The fourth-order valence-corrected chi connectivity index (χ4v) is 1.52. The first kappa shape index (κ1) is 11.5. The van der Waals surface area contributed by atoms with Crippen LogP contribution in [0.1, 0.15) is 47.0 Å². The van der Waals surface area contributed by atoms with Gasteiger partial charge in [-0.2, -0.15) is 0 Å². The second-order valence-corrected chi connectivity index (χ2v) is 2.57. The van der Waals surface area contributed by atoms with E-state index in [0.29, 0.717) is 6.10 Å². The highest BCUT2D eigenvalue weighted by molar-refractivity contribution is 5.75. The van der Waals surface area contributed by atoms with Gasteiger partial charge in [0.05, 0.1) is 5.92 Å². The van der Waals surface area contributed by atoms with Crippen molar-refractivity contribution < 1.29 is 9.53 Å². The minimum absolute atomic E-state index is 0.0428. The number of esters is 1. The van der Waals surface area contributed by atoms with E-state index in [2.05, 4.69) is 0 Å². The summed E-state index contributed by atoms with van der Waals surface area (Å²) in [6.45, 7) is 8.00. The maximum Gasteiger partial charge on any atom is 0.309 e. The van der Waals surface area contributed by atoms with Gasteiger partial charge in [0.25, 0.3) is 0 Å². The zero-order valence-corrected chi connectivity index (χ0v) is 8.59. The zero-order chi connectivity index (χ0) is 9.56. The Kier molecular flexibility index (Phi) is 5.77. The molecule has 2 rings (SSSR count). The third-order valence-corrected chi connectivity index (χ3v) is 2.00. The van der Waals surface area contributed by atoms with Crippen molar-refractivity contribution in [2.24, 2.45) is 5.92 Å². The van der Waals surface area contributed by atoms with Crippen LogP contribution in [0.25, 0.3) is 0 Å². The van der Waals surface area contributed by atoms with Gasteiger partial charge in [0.1, 0.15) is 6.10 Å². The lowest BCUT2D eigenvalue weighted by Crippen LogP contribution is -2.13. The Morgan fingerprint density at radius 2 is 1.75 bits per heavy atom. The molecule has 2 aliphatic rings. The predicted molar refractivity (Wildman–Crippen MR) is 49.9 cm³/mol. The van der Waals surface area contributed by atoms with Crippen LogP contribution in [0, 0.1) is 5.92 Å². The molecule has 1 saturated carbocycles. The topological polar surface area (TPSA) is 26.3 Å². The van der Waals surface area contributed by atoms with E-state index in [9.17, 15) is 4.79 Å². The monoisotopic (exact) mass is 172 g/mol. The van der Waals surface area contributed by atoms with Crippen molar-refractivity contribution in [3.05, 3.63) is 0 Å². The minimum atomic E-state index is 0.0428. The molecule has 2 nitrogen and oxygen atoms in total. The smallest absolute Gasteiger partial charge is 0.309 e. The summed E-state index contributed by atoms with van der Waals surface area (Å²) in [6, 6.07) is 0. The van der Waals surface area contributed by atoms with Gasteiger partial charge in [-0.25, -0.2) is 0 Å². The predicted octanol–water partition coefficient (Wildman–Crippen LogP) is 2.76. The molecule has 2 unspecified atom stereocenters. The SMILES string of the molecule is CC.CC.O=C1OC2CCC1C2. The summed E-state index contributed by atoms with van der Waals surface area (Å²) < 4.78 is 4.92. The summed E-state index contributed by atoms with van der Waals surface area (Å²) in [5.41, 5.74) is 0. The Bertz CT molecular complexity index is 132. The molecule has 2 atom stereocenters. The van der Waals surface area contributed by atoms with Crippen LogP contribution in [-0.2, 0) is 9.53 Å². The van der Waals surface area contributed by atoms with Gasteiger partial charge in [-0.3, -0.25) is 4.79 Å². The largest absolute Gasteiger partial charge is 0.462 e. The van der Waals surface area contributed by atoms with Gasteiger partial charge in [-0.05, 0) is 19.3 Å². The van der Waals surface area contributed by atoms with Gasteiger partial charge in [0.15, 0.2) is 0 Å². The Labute approximate surface area is 75.3 Å². The molecule has 1 saturated heterocycles. The molecule has 0 N–H and O–H groups in total. The van der Waals surface area contributed by atoms with Crippen molar-refractivity contribution in [1.29, 1.82) is 0 Å². The molecule has 2 fully saturated rings. The van der Waals surface area contributed by atoms with Crippen molar-refractivity contribution >= 4 is 5.97 Å². The first-order valence-electron chi connectivity index (χ1n) is 5.07. The van der Waals surface area contributed by atoms with Crippen molar-refractivity contribution in [3.63, 3.8) is 0 Å². The highest BCUT2D eigenvalue weighted by atomic mass is 16.6. The summed E-state index contributed by atoms with van der Waals surface area (Å²) in [5.74, 6) is 0.321. The van der Waals surface area contributed by atoms with E-state index in [0.717, 1.165) is 19.3 Å². The highest BCUT2D eigenvalue weighted by Crippen LogP contribution is 2.35. The summed E-state index contributed by atoms with van der Waals surface area (Å²) in [5, 5.41) is 0. The zero-order valence-electron chi connectivity index (χ0n) is 8.59. The molecule has 0 amide bonds. The molecule has 1 heterocycles. The number of fused-ring (bicyclic) bond motifs is 2. The summed E-state index contributed by atoms with van der Waals surface area (Å²) in [6.07, 6.45) is 3.48. The second-order valence-electron chi connectivity index (χ2n) is 2.57. The van der Waals surface area contributed by atoms with Gasteiger partial charge >= 0.3 is 5.97 Å². The number of carbonyl (C=O) groups is 1. The van der Waals surface area contributed by atoms with E-state index in [1.165, 1.54) is 0 Å². The summed E-state index contributed by atoms with van der Waals surface area (Å²) in [7, 11) is 0. The third-order valence-electron chi connectivity index (χ3n) is 2.00. The number of hydrogen-bond donors (Lipinski definition) is 0. The molecule has 0 aromatic carbocycles. The Balaban J connectivity index is 0.000000269. The molecule has 2 heteroatoms. The van der Waals surface area contributed by atoms with E-state index in [-0.39, 0.29) is 11.9 Å². The molecule has 72 valence electrons. The maximum atomic E-state index is 10.6. The Hall–Kier alpha value is -0.530. The average Bonchev–Trinajstić information content (AvgIpc) is 2.72. The van der Waals surface area contributed by atoms with Crippen molar-refractivity contribution in [3.8, 4) is 0 Å². The van der Waals surface area contributed by atoms with Gasteiger partial charge in [-0.1, -0.05) is 27.7 Å². The van der Waals surface area contributed by atoms with Gasteiger partial charge < -0.3 is 4.74 Å². The molecule has 0 radical (unpaired) electrons. The lowest BCUT2D eigenvalue weighted by atomic mass is 10.1. The van der Waals surface area contributed by atoms with Gasteiger partial charge in [-0.15, -0.1) is 0 Å². The quantitative estimate of drug-likeness (QED) is 0.525. The molecule has 0 aromatic rings. The minimum Gasteiger partial charge on any atom is -0.462 e. The van der Waals surface area contributed by atoms with E-state index in [1.807, 2.05) is 27.7 Å². The summed E-state index contributed by atoms with van der Waals surface area (Å²) in [4.78, 5) is 10.6. The van der Waals surface area contributed by atoms with E-state index < -0.39 is 0 Å². The van der Waals surface area contributed by atoms with Crippen molar-refractivity contribution in [1.82, 2.24) is 0 Å². The third kappa shape index (κ3) is 2.50. The van der Waals surface area contributed by atoms with Crippen LogP contribution < -0.4 is 0 Å². The average molecular weight is 172 g/mol. The van der Waals surface area contributed by atoms with Crippen LogP contribution in [0.5, 0.6) is 0 Å². The van der Waals surface area contributed by atoms with E-state index in [4.69, 9.17) is 4.74 Å². The lowest BCUT2D eigenvalue weighted by molar-refractivity contribution is -0.147. The second kappa shape index (κ2) is 6.04. The van der Waals surface area contributed by atoms with Crippen LogP contribution >= 0.6 is 0 Å².